The van der Waals surface area contributed by atoms with E-state index < -0.39 is 10.0 Å². The minimum Gasteiger partial charge on any atom is -0.207 e. The van der Waals surface area contributed by atoms with Crippen molar-refractivity contribution in [2.24, 2.45) is 0 Å². The standard InChI is InChI=1S/C16H23NO2S/c1-4-13(2)6-5-7-15-12-17(15)20(18,19)16-10-8-14(3)9-11-16/h4,8-11,15H,5-7,12H2,1-3H3/b13-4+. The van der Waals surface area contributed by atoms with E-state index in [1.807, 2.05) is 26.0 Å². The Morgan fingerprint density at radius 2 is 2.00 bits per heavy atom. The van der Waals surface area contributed by atoms with Crippen LogP contribution in [0.15, 0.2) is 40.8 Å². The molecule has 20 heavy (non-hydrogen) atoms. The Labute approximate surface area is 122 Å². The van der Waals surface area contributed by atoms with E-state index in [0.29, 0.717) is 11.4 Å². The fourth-order valence-corrected chi connectivity index (χ4v) is 3.91. The summed E-state index contributed by atoms with van der Waals surface area (Å²) in [6.45, 7) is 6.79. The van der Waals surface area contributed by atoms with Gasteiger partial charge in [-0.05, 0) is 52.2 Å². The van der Waals surface area contributed by atoms with Crippen molar-refractivity contribution in [2.45, 2.75) is 51.0 Å². The highest BCUT2D eigenvalue weighted by Gasteiger charge is 2.43. The number of aryl methyl sites for hydroxylation is 1. The highest BCUT2D eigenvalue weighted by Crippen LogP contribution is 2.31. The second kappa shape index (κ2) is 6.10. The van der Waals surface area contributed by atoms with Crippen molar-refractivity contribution in [2.75, 3.05) is 6.54 Å². The summed E-state index contributed by atoms with van der Waals surface area (Å²) in [5.41, 5.74) is 2.45. The van der Waals surface area contributed by atoms with E-state index in [-0.39, 0.29) is 6.04 Å². The van der Waals surface area contributed by atoms with Gasteiger partial charge < -0.3 is 0 Å². The summed E-state index contributed by atoms with van der Waals surface area (Å²) in [5, 5.41) is 0. The zero-order valence-electron chi connectivity index (χ0n) is 12.5. The van der Waals surface area contributed by atoms with Crippen molar-refractivity contribution in [3.05, 3.63) is 41.5 Å². The highest BCUT2D eigenvalue weighted by atomic mass is 32.2. The zero-order chi connectivity index (χ0) is 14.8. The third-order valence-electron chi connectivity index (χ3n) is 3.89. The molecule has 2 unspecified atom stereocenters. The van der Waals surface area contributed by atoms with E-state index in [9.17, 15) is 8.42 Å². The van der Waals surface area contributed by atoms with Crippen LogP contribution in [0.2, 0.25) is 0 Å². The molecule has 0 amide bonds. The molecule has 0 aliphatic carbocycles. The van der Waals surface area contributed by atoms with Crippen LogP contribution in [-0.2, 0) is 10.0 Å². The van der Waals surface area contributed by atoms with E-state index in [1.54, 1.807) is 16.4 Å². The van der Waals surface area contributed by atoms with Crippen LogP contribution in [0.1, 0.15) is 38.7 Å². The second-order valence-electron chi connectivity index (χ2n) is 5.57. The Morgan fingerprint density at radius 1 is 1.35 bits per heavy atom. The number of nitrogens with zero attached hydrogens (tertiary/aromatic N) is 1. The first-order valence-corrected chi connectivity index (χ1v) is 8.59. The minimum absolute atomic E-state index is 0.200. The highest BCUT2D eigenvalue weighted by molar-refractivity contribution is 7.89. The first-order valence-electron chi connectivity index (χ1n) is 7.15. The molecular formula is C16H23NO2S. The molecule has 110 valence electrons. The molecule has 0 radical (unpaired) electrons. The summed E-state index contributed by atoms with van der Waals surface area (Å²) in [7, 11) is -3.27. The van der Waals surface area contributed by atoms with E-state index in [2.05, 4.69) is 13.0 Å². The lowest BCUT2D eigenvalue weighted by Crippen LogP contribution is -2.14. The van der Waals surface area contributed by atoms with Crippen LogP contribution >= 0.6 is 0 Å². The minimum atomic E-state index is -3.27. The normalized spacial score (nSPS) is 22.9. The van der Waals surface area contributed by atoms with Crippen LogP contribution in [0.3, 0.4) is 0 Å². The third-order valence-corrected chi connectivity index (χ3v) is 5.83. The first kappa shape index (κ1) is 15.3. The molecule has 1 fully saturated rings. The van der Waals surface area contributed by atoms with Gasteiger partial charge in [0, 0.05) is 12.6 Å². The number of rotatable bonds is 6. The fraction of sp³-hybridized carbons (Fsp3) is 0.500. The SMILES string of the molecule is C/C=C(\C)CCCC1CN1S(=O)(=O)c1ccc(C)cc1. The summed E-state index contributed by atoms with van der Waals surface area (Å²) >= 11 is 0. The Balaban J connectivity index is 1.92. The van der Waals surface area contributed by atoms with Gasteiger partial charge in [0.05, 0.1) is 4.90 Å². The van der Waals surface area contributed by atoms with Gasteiger partial charge in [-0.3, -0.25) is 0 Å². The molecule has 0 aromatic heterocycles. The molecule has 2 atom stereocenters. The molecule has 4 heteroatoms. The Kier molecular flexibility index (Phi) is 4.66. The molecule has 1 aliphatic heterocycles. The summed E-state index contributed by atoms with van der Waals surface area (Å²) in [6.07, 6.45) is 5.19. The number of hydrogen-bond acceptors (Lipinski definition) is 2. The molecule has 2 rings (SSSR count). The smallest absolute Gasteiger partial charge is 0.207 e. The monoisotopic (exact) mass is 293 g/mol. The third kappa shape index (κ3) is 3.49. The van der Waals surface area contributed by atoms with Crippen molar-refractivity contribution in [3.8, 4) is 0 Å². The van der Waals surface area contributed by atoms with Gasteiger partial charge in [-0.25, -0.2) is 8.42 Å². The van der Waals surface area contributed by atoms with Crippen LogP contribution in [0.5, 0.6) is 0 Å². The average Bonchev–Trinajstić information content (AvgIpc) is 3.19. The summed E-state index contributed by atoms with van der Waals surface area (Å²) < 4.78 is 26.4. The molecule has 1 aromatic rings. The number of sulfonamides is 1. The van der Waals surface area contributed by atoms with Gasteiger partial charge in [-0.2, -0.15) is 4.31 Å². The average molecular weight is 293 g/mol. The van der Waals surface area contributed by atoms with E-state index in [0.717, 1.165) is 24.8 Å². The van der Waals surface area contributed by atoms with Crippen LogP contribution in [0.4, 0.5) is 0 Å². The molecule has 3 nitrogen and oxygen atoms in total. The van der Waals surface area contributed by atoms with Crippen LogP contribution < -0.4 is 0 Å². The maximum absolute atomic E-state index is 12.4. The van der Waals surface area contributed by atoms with Gasteiger partial charge in [0.15, 0.2) is 0 Å². The number of benzene rings is 1. The maximum Gasteiger partial charge on any atom is 0.243 e. The molecule has 0 spiro atoms. The Morgan fingerprint density at radius 3 is 2.60 bits per heavy atom. The Bertz CT molecular complexity index is 587. The van der Waals surface area contributed by atoms with E-state index in [4.69, 9.17) is 0 Å². The molecule has 1 heterocycles. The quantitative estimate of drug-likeness (QED) is 0.594. The van der Waals surface area contributed by atoms with Crippen molar-refractivity contribution >= 4 is 10.0 Å². The van der Waals surface area contributed by atoms with Gasteiger partial charge in [0.25, 0.3) is 0 Å². The van der Waals surface area contributed by atoms with Crippen LogP contribution in [0, 0.1) is 6.92 Å². The van der Waals surface area contributed by atoms with Crippen molar-refractivity contribution in [3.63, 3.8) is 0 Å². The summed E-state index contributed by atoms with van der Waals surface area (Å²) in [4.78, 5) is 0.412. The topological polar surface area (TPSA) is 37.1 Å². The lowest BCUT2D eigenvalue weighted by molar-refractivity contribution is 0.543. The molecule has 1 aromatic carbocycles. The summed E-state index contributed by atoms with van der Waals surface area (Å²) in [6, 6.07) is 7.29. The second-order valence-corrected chi connectivity index (χ2v) is 7.46. The lowest BCUT2D eigenvalue weighted by Gasteiger charge is -2.07. The van der Waals surface area contributed by atoms with Crippen molar-refractivity contribution in [1.82, 2.24) is 4.31 Å². The van der Waals surface area contributed by atoms with Crippen molar-refractivity contribution in [1.29, 1.82) is 0 Å². The molecule has 0 saturated carbocycles. The van der Waals surface area contributed by atoms with Crippen LogP contribution in [-0.4, -0.2) is 25.3 Å². The predicted molar refractivity (Wildman–Crippen MR) is 82.1 cm³/mol. The van der Waals surface area contributed by atoms with Crippen molar-refractivity contribution < 1.29 is 8.42 Å². The molecule has 1 aliphatic rings. The zero-order valence-corrected chi connectivity index (χ0v) is 13.3. The van der Waals surface area contributed by atoms with Gasteiger partial charge >= 0.3 is 0 Å². The Hall–Kier alpha value is -1.13. The fourth-order valence-electron chi connectivity index (χ4n) is 2.30. The van der Waals surface area contributed by atoms with Gasteiger partial charge in [-0.15, -0.1) is 0 Å². The van der Waals surface area contributed by atoms with Crippen LogP contribution in [0.25, 0.3) is 0 Å². The molecule has 0 N–H and O–H groups in total. The van der Waals surface area contributed by atoms with Gasteiger partial charge in [0.1, 0.15) is 0 Å². The predicted octanol–water partition coefficient (Wildman–Crippen LogP) is 3.50. The molecule has 0 bridgehead atoms. The van der Waals surface area contributed by atoms with E-state index >= 15 is 0 Å². The number of hydrogen-bond donors (Lipinski definition) is 0. The maximum atomic E-state index is 12.4. The van der Waals surface area contributed by atoms with E-state index in [1.165, 1.54) is 5.57 Å². The van der Waals surface area contributed by atoms with Gasteiger partial charge in [-0.1, -0.05) is 29.3 Å². The number of allylic oxidation sites excluding steroid dienone is 2. The summed E-state index contributed by atoms with van der Waals surface area (Å²) in [5.74, 6) is 0. The van der Waals surface area contributed by atoms with Gasteiger partial charge in [0.2, 0.25) is 10.0 Å². The molecule has 1 saturated heterocycles. The largest absolute Gasteiger partial charge is 0.243 e. The molecular weight excluding hydrogens is 270 g/mol. The lowest BCUT2D eigenvalue weighted by atomic mass is 10.1. The first-order chi connectivity index (χ1) is 9.45.